The molecule has 5 atom stereocenters. The van der Waals surface area contributed by atoms with E-state index in [2.05, 4.69) is 16.0 Å². The Morgan fingerprint density at radius 1 is 0.769 bits per heavy atom. The van der Waals surface area contributed by atoms with E-state index in [1.165, 1.54) is 24.1 Å². The van der Waals surface area contributed by atoms with Crippen molar-refractivity contribution in [3.63, 3.8) is 0 Å². The molecular weight excluding hydrogens is 667 g/mol. The Labute approximate surface area is 303 Å². The Kier molecular flexibility index (Phi) is 12.3. The molecule has 1 aliphatic heterocycles. The van der Waals surface area contributed by atoms with E-state index < -0.39 is 60.1 Å². The van der Waals surface area contributed by atoms with Gasteiger partial charge in [-0.2, -0.15) is 0 Å². The van der Waals surface area contributed by atoms with Gasteiger partial charge in [0.05, 0.1) is 7.11 Å². The van der Waals surface area contributed by atoms with Gasteiger partial charge in [0.1, 0.15) is 30.8 Å². The molecule has 5 rings (SSSR count). The summed E-state index contributed by atoms with van der Waals surface area (Å²) in [7, 11) is 1.23. The highest BCUT2D eigenvalue weighted by molar-refractivity contribution is 5.95. The standard InChI is InChI=1S/C40H47FN4O7/c1-23(2)33(37(47)43-34(24(3)4)39(49)51-5)42-36(46)31-20-13-21-45(31)38(48)35(32(41)25-14-7-6-8-15-25)44-40(50)52-22-30-28-18-11-9-16-26(28)27-17-10-12-19-29(27)30/h6-12,14-19,23-24,30-35H,13,20-22H2,1-5H3,(H,42,46)(H,43,47)(H,44,50)/t31-,32?,33-,34-,35-/m0/s1. The largest absolute Gasteiger partial charge is 0.467 e. The van der Waals surface area contributed by atoms with Crippen LogP contribution in [-0.4, -0.2) is 79.1 Å². The minimum Gasteiger partial charge on any atom is -0.467 e. The summed E-state index contributed by atoms with van der Waals surface area (Å²) in [5.41, 5.74) is 4.27. The molecule has 276 valence electrons. The summed E-state index contributed by atoms with van der Waals surface area (Å²) in [6.07, 6.45) is -2.22. The lowest BCUT2D eigenvalue weighted by molar-refractivity contribution is -0.147. The summed E-state index contributed by atoms with van der Waals surface area (Å²) in [4.78, 5) is 68.2. The van der Waals surface area contributed by atoms with Crippen LogP contribution >= 0.6 is 0 Å². The third kappa shape index (κ3) is 8.27. The van der Waals surface area contributed by atoms with Gasteiger partial charge in [-0.05, 0) is 52.5 Å². The van der Waals surface area contributed by atoms with Crippen molar-refractivity contribution in [3.05, 3.63) is 95.6 Å². The number of esters is 1. The van der Waals surface area contributed by atoms with Crippen LogP contribution in [0.4, 0.5) is 9.18 Å². The molecule has 0 spiro atoms. The van der Waals surface area contributed by atoms with Crippen molar-refractivity contribution in [1.82, 2.24) is 20.9 Å². The van der Waals surface area contributed by atoms with E-state index in [1.54, 1.807) is 45.9 Å². The molecule has 0 saturated carbocycles. The number of alkyl carbamates (subject to hydrolysis) is 1. The summed E-state index contributed by atoms with van der Waals surface area (Å²) in [6.45, 7) is 7.10. The Balaban J connectivity index is 1.31. The highest BCUT2D eigenvalue weighted by atomic mass is 19.1. The first-order valence-electron chi connectivity index (χ1n) is 17.7. The predicted molar refractivity (Wildman–Crippen MR) is 193 cm³/mol. The van der Waals surface area contributed by atoms with E-state index in [-0.39, 0.29) is 42.9 Å². The second kappa shape index (κ2) is 16.8. The zero-order chi connectivity index (χ0) is 37.5. The predicted octanol–water partition coefficient (Wildman–Crippen LogP) is 5.05. The van der Waals surface area contributed by atoms with E-state index in [1.807, 2.05) is 48.5 Å². The fourth-order valence-corrected chi connectivity index (χ4v) is 6.99. The fourth-order valence-electron chi connectivity index (χ4n) is 6.99. The number of nitrogens with one attached hydrogen (secondary N) is 3. The van der Waals surface area contributed by atoms with E-state index in [4.69, 9.17) is 9.47 Å². The number of amides is 4. The van der Waals surface area contributed by atoms with Gasteiger partial charge in [0.2, 0.25) is 17.7 Å². The van der Waals surface area contributed by atoms with Crippen LogP contribution in [0.15, 0.2) is 78.9 Å². The number of carbonyl (C=O) groups excluding carboxylic acids is 5. The molecule has 1 aliphatic carbocycles. The lowest BCUT2D eigenvalue weighted by Gasteiger charge is -2.32. The van der Waals surface area contributed by atoms with Gasteiger partial charge in [-0.1, -0.05) is 107 Å². The second-order valence-corrected chi connectivity index (χ2v) is 13.9. The number of nitrogens with zero attached hydrogens (tertiary/aromatic N) is 1. The van der Waals surface area contributed by atoms with Crippen LogP contribution in [0.3, 0.4) is 0 Å². The van der Waals surface area contributed by atoms with Crippen LogP contribution in [0.1, 0.15) is 69.3 Å². The number of likely N-dealkylation sites (tertiary alicyclic amines) is 1. The molecule has 12 heteroatoms. The van der Waals surface area contributed by atoms with Crippen molar-refractivity contribution in [1.29, 1.82) is 0 Å². The Bertz CT molecular complexity index is 1720. The lowest BCUT2D eigenvalue weighted by atomic mass is 9.98. The zero-order valence-electron chi connectivity index (χ0n) is 30.1. The van der Waals surface area contributed by atoms with Crippen LogP contribution in [0.2, 0.25) is 0 Å². The third-order valence-corrected chi connectivity index (χ3v) is 9.80. The van der Waals surface area contributed by atoms with Gasteiger partial charge in [0.15, 0.2) is 6.17 Å². The van der Waals surface area contributed by atoms with E-state index in [9.17, 15) is 24.0 Å². The molecule has 1 unspecified atom stereocenters. The Hall–Kier alpha value is -5.26. The summed E-state index contributed by atoms with van der Waals surface area (Å²) >= 11 is 0. The van der Waals surface area contributed by atoms with Crippen molar-refractivity contribution in [2.45, 2.75) is 76.8 Å². The number of rotatable bonds is 13. The highest BCUT2D eigenvalue weighted by Gasteiger charge is 2.43. The number of alkyl halides is 1. The molecule has 0 bridgehead atoms. The number of hydrogen-bond acceptors (Lipinski definition) is 7. The molecule has 2 aliphatic rings. The van der Waals surface area contributed by atoms with Crippen LogP contribution < -0.4 is 16.0 Å². The smallest absolute Gasteiger partial charge is 0.407 e. The molecule has 3 aromatic rings. The first kappa shape index (κ1) is 38.0. The number of halogens is 1. The molecule has 4 amide bonds. The van der Waals surface area contributed by atoms with Gasteiger partial charge in [0, 0.05) is 12.5 Å². The van der Waals surface area contributed by atoms with Crippen molar-refractivity contribution in [2.75, 3.05) is 20.3 Å². The van der Waals surface area contributed by atoms with Gasteiger partial charge in [-0.25, -0.2) is 14.0 Å². The summed E-state index contributed by atoms with van der Waals surface area (Å²) < 4.78 is 26.8. The van der Waals surface area contributed by atoms with Crippen LogP contribution in [0.5, 0.6) is 0 Å². The minimum atomic E-state index is -1.96. The molecule has 0 radical (unpaired) electrons. The number of benzene rings is 3. The molecular formula is C40H47FN4O7. The molecule has 3 N–H and O–H groups in total. The number of carbonyl (C=O) groups is 5. The van der Waals surface area contributed by atoms with Gasteiger partial charge in [0.25, 0.3) is 0 Å². The van der Waals surface area contributed by atoms with Crippen LogP contribution in [0.25, 0.3) is 11.1 Å². The fraction of sp³-hybridized carbons (Fsp3) is 0.425. The first-order chi connectivity index (χ1) is 24.9. The van der Waals surface area contributed by atoms with Crippen molar-refractivity contribution < 1.29 is 37.8 Å². The normalized spacial score (nSPS) is 17.4. The molecule has 1 saturated heterocycles. The monoisotopic (exact) mass is 714 g/mol. The molecule has 11 nitrogen and oxygen atoms in total. The Morgan fingerprint density at radius 2 is 1.35 bits per heavy atom. The molecule has 1 fully saturated rings. The number of hydrogen-bond donors (Lipinski definition) is 3. The van der Waals surface area contributed by atoms with Crippen molar-refractivity contribution in [3.8, 4) is 11.1 Å². The first-order valence-corrected chi connectivity index (χ1v) is 17.7. The van der Waals surface area contributed by atoms with E-state index in [0.717, 1.165) is 22.3 Å². The zero-order valence-corrected chi connectivity index (χ0v) is 30.1. The summed E-state index contributed by atoms with van der Waals surface area (Å²) in [6, 6.07) is 19.0. The maximum Gasteiger partial charge on any atom is 0.407 e. The van der Waals surface area contributed by atoms with Gasteiger partial charge in [-0.15, -0.1) is 0 Å². The van der Waals surface area contributed by atoms with Crippen molar-refractivity contribution in [2.24, 2.45) is 11.8 Å². The number of methoxy groups -OCH3 is 1. The topological polar surface area (TPSA) is 143 Å². The van der Waals surface area contributed by atoms with Crippen LogP contribution in [0, 0.1) is 11.8 Å². The summed E-state index contributed by atoms with van der Waals surface area (Å²) in [5.74, 6) is -3.49. The summed E-state index contributed by atoms with van der Waals surface area (Å²) in [5, 5.41) is 7.91. The lowest BCUT2D eigenvalue weighted by Crippen LogP contribution is -2.59. The highest BCUT2D eigenvalue weighted by Crippen LogP contribution is 2.44. The second-order valence-electron chi connectivity index (χ2n) is 13.9. The van der Waals surface area contributed by atoms with Crippen molar-refractivity contribution >= 4 is 29.8 Å². The maximum absolute atomic E-state index is 16.3. The number of fused-ring (bicyclic) bond motifs is 3. The van der Waals surface area contributed by atoms with Gasteiger partial charge in [-0.3, -0.25) is 14.4 Å². The quantitative estimate of drug-likeness (QED) is 0.211. The third-order valence-electron chi connectivity index (χ3n) is 9.80. The van der Waals surface area contributed by atoms with E-state index >= 15 is 4.39 Å². The average molecular weight is 715 g/mol. The molecule has 0 aromatic heterocycles. The number of ether oxygens (including phenoxy) is 2. The Morgan fingerprint density at radius 3 is 1.92 bits per heavy atom. The average Bonchev–Trinajstić information content (AvgIpc) is 3.77. The molecule has 52 heavy (non-hydrogen) atoms. The molecule has 1 heterocycles. The van der Waals surface area contributed by atoms with E-state index in [0.29, 0.717) is 6.42 Å². The van der Waals surface area contributed by atoms with Gasteiger partial charge >= 0.3 is 12.1 Å². The maximum atomic E-state index is 16.3. The van der Waals surface area contributed by atoms with Gasteiger partial charge < -0.3 is 30.3 Å². The molecule has 3 aromatic carbocycles. The van der Waals surface area contributed by atoms with Crippen LogP contribution in [-0.2, 0) is 28.7 Å². The SMILES string of the molecule is COC(=O)[C@@H](NC(=O)[C@@H](NC(=O)[C@@H]1CCCN1C(=O)[C@@H](NC(=O)OCC1c2ccccc2-c2ccccc21)C(F)c1ccccc1)C(C)C)C(C)C. The minimum absolute atomic E-state index is 0.0376.